The maximum atomic E-state index is 9.92. The quantitative estimate of drug-likeness (QED) is 0.780. The summed E-state index contributed by atoms with van der Waals surface area (Å²) in [7, 11) is 0. The van der Waals surface area contributed by atoms with Gasteiger partial charge in [-0.15, -0.1) is 0 Å². The van der Waals surface area contributed by atoms with Gasteiger partial charge in [0.15, 0.2) is 0 Å². The van der Waals surface area contributed by atoms with Crippen molar-refractivity contribution in [2.45, 2.75) is 46.6 Å². The fraction of sp³-hybridized carbons (Fsp3) is 0.545. The highest BCUT2D eigenvalue weighted by atomic mass is 16.5. The van der Waals surface area contributed by atoms with Crippen molar-refractivity contribution >= 4 is 0 Å². The van der Waals surface area contributed by atoms with Crippen LogP contribution < -0.4 is 0 Å². The molecule has 2 atom stereocenters. The predicted molar refractivity (Wildman–Crippen MR) is 98.6 cm³/mol. The van der Waals surface area contributed by atoms with Crippen molar-refractivity contribution in [2.75, 3.05) is 13.2 Å². The lowest BCUT2D eigenvalue weighted by atomic mass is 9.88. The van der Waals surface area contributed by atoms with E-state index in [1.165, 1.54) is 23.1 Å². The molecule has 2 heteroatoms. The summed E-state index contributed by atoms with van der Waals surface area (Å²) in [5.41, 5.74) is 5.93. The average molecular weight is 326 g/mol. The molecule has 0 unspecified atom stereocenters. The molecule has 2 aliphatic carbocycles. The minimum absolute atomic E-state index is 0.213. The average Bonchev–Trinajstić information content (AvgIpc) is 2.84. The van der Waals surface area contributed by atoms with Gasteiger partial charge in [0.1, 0.15) is 0 Å². The van der Waals surface area contributed by atoms with Crippen LogP contribution in [-0.2, 0) is 11.3 Å². The van der Waals surface area contributed by atoms with Crippen LogP contribution in [0, 0.1) is 17.3 Å². The Morgan fingerprint density at radius 3 is 2.62 bits per heavy atom. The third-order valence-electron chi connectivity index (χ3n) is 5.62. The van der Waals surface area contributed by atoms with E-state index in [0.29, 0.717) is 24.5 Å². The summed E-state index contributed by atoms with van der Waals surface area (Å²) < 4.78 is 6.07. The molecule has 1 saturated carbocycles. The molecule has 0 heterocycles. The summed E-state index contributed by atoms with van der Waals surface area (Å²) >= 11 is 0. The lowest BCUT2D eigenvalue weighted by molar-refractivity contribution is 0.128. The van der Waals surface area contributed by atoms with Gasteiger partial charge in [-0.2, -0.15) is 0 Å². The van der Waals surface area contributed by atoms with Gasteiger partial charge in [0.2, 0.25) is 0 Å². The van der Waals surface area contributed by atoms with Crippen molar-refractivity contribution in [3.63, 3.8) is 0 Å². The zero-order chi connectivity index (χ0) is 17.2. The Morgan fingerprint density at radius 2 is 1.92 bits per heavy atom. The largest absolute Gasteiger partial charge is 0.396 e. The molecule has 130 valence electrons. The molecule has 0 bridgehead atoms. The van der Waals surface area contributed by atoms with Crippen LogP contribution in [0.5, 0.6) is 0 Å². The van der Waals surface area contributed by atoms with Crippen LogP contribution in [0.1, 0.15) is 45.6 Å². The highest BCUT2D eigenvalue weighted by molar-refractivity contribution is 5.35. The number of ether oxygens (including phenoxy) is 1. The van der Waals surface area contributed by atoms with Crippen LogP contribution in [0.2, 0.25) is 0 Å². The molecule has 1 aromatic rings. The third-order valence-corrected chi connectivity index (χ3v) is 5.62. The topological polar surface area (TPSA) is 29.5 Å². The first-order chi connectivity index (χ1) is 11.5. The van der Waals surface area contributed by atoms with E-state index in [4.69, 9.17) is 4.74 Å². The maximum Gasteiger partial charge on any atom is 0.0721 e. The first-order valence-electron chi connectivity index (χ1n) is 9.11. The number of allylic oxidation sites excluding steroid dienone is 3. The summed E-state index contributed by atoms with van der Waals surface area (Å²) in [6.45, 7) is 8.47. The van der Waals surface area contributed by atoms with E-state index in [0.717, 1.165) is 12.8 Å². The number of benzene rings is 1. The molecule has 0 spiro atoms. The fourth-order valence-corrected chi connectivity index (χ4v) is 4.28. The van der Waals surface area contributed by atoms with Gasteiger partial charge in [-0.1, -0.05) is 61.4 Å². The lowest BCUT2D eigenvalue weighted by Gasteiger charge is -2.21. The van der Waals surface area contributed by atoms with E-state index >= 15 is 0 Å². The molecule has 0 amide bonds. The van der Waals surface area contributed by atoms with Crippen LogP contribution in [0.15, 0.2) is 53.1 Å². The maximum absolute atomic E-state index is 9.92. The zero-order valence-corrected chi connectivity index (χ0v) is 15.2. The SMILES string of the molecule is CC1=CC[C@H](CO)C(COCc2ccccc2)=C2CC(C)(C)C[C@@H]12. The molecule has 24 heavy (non-hydrogen) atoms. The molecule has 2 aliphatic rings. The Hall–Kier alpha value is -1.38. The summed E-state index contributed by atoms with van der Waals surface area (Å²) in [6.07, 6.45) is 5.62. The Morgan fingerprint density at radius 1 is 1.17 bits per heavy atom. The van der Waals surface area contributed by atoms with Crippen molar-refractivity contribution in [2.24, 2.45) is 17.3 Å². The Labute approximate surface area is 146 Å². The van der Waals surface area contributed by atoms with Gasteiger partial charge >= 0.3 is 0 Å². The summed E-state index contributed by atoms with van der Waals surface area (Å²) in [6, 6.07) is 10.3. The number of rotatable bonds is 5. The summed E-state index contributed by atoms with van der Waals surface area (Å²) in [4.78, 5) is 0. The normalized spacial score (nSPS) is 26.1. The monoisotopic (exact) mass is 326 g/mol. The molecule has 2 nitrogen and oxygen atoms in total. The van der Waals surface area contributed by atoms with Gasteiger partial charge in [-0.3, -0.25) is 0 Å². The molecular weight excluding hydrogens is 296 g/mol. The molecule has 0 radical (unpaired) electrons. The van der Waals surface area contributed by atoms with Crippen LogP contribution in [0.4, 0.5) is 0 Å². The van der Waals surface area contributed by atoms with Crippen molar-refractivity contribution in [1.82, 2.24) is 0 Å². The first kappa shape index (κ1) is 17.4. The second-order valence-electron chi connectivity index (χ2n) is 8.19. The fourth-order valence-electron chi connectivity index (χ4n) is 4.28. The Balaban J connectivity index is 1.80. The van der Waals surface area contributed by atoms with Crippen LogP contribution >= 0.6 is 0 Å². The van der Waals surface area contributed by atoms with Crippen LogP contribution in [-0.4, -0.2) is 18.3 Å². The van der Waals surface area contributed by atoms with Crippen LogP contribution in [0.25, 0.3) is 0 Å². The van der Waals surface area contributed by atoms with Crippen LogP contribution in [0.3, 0.4) is 0 Å². The van der Waals surface area contributed by atoms with E-state index in [2.05, 4.69) is 39.0 Å². The van der Waals surface area contributed by atoms with Gasteiger partial charge in [0.05, 0.1) is 13.2 Å². The predicted octanol–water partition coefficient (Wildman–Crippen LogP) is 4.89. The summed E-state index contributed by atoms with van der Waals surface area (Å²) in [5.74, 6) is 0.761. The minimum Gasteiger partial charge on any atom is -0.396 e. The molecule has 1 fully saturated rings. The van der Waals surface area contributed by atoms with Gasteiger partial charge in [-0.05, 0) is 42.7 Å². The molecule has 0 saturated heterocycles. The number of fused-ring (bicyclic) bond motifs is 1. The van der Waals surface area contributed by atoms with E-state index in [1.807, 2.05) is 18.2 Å². The van der Waals surface area contributed by atoms with E-state index in [-0.39, 0.29) is 12.5 Å². The van der Waals surface area contributed by atoms with Crippen molar-refractivity contribution in [3.8, 4) is 0 Å². The highest BCUT2D eigenvalue weighted by Gasteiger charge is 2.39. The van der Waals surface area contributed by atoms with Crippen molar-refractivity contribution in [1.29, 1.82) is 0 Å². The van der Waals surface area contributed by atoms with Gasteiger partial charge in [-0.25, -0.2) is 0 Å². The van der Waals surface area contributed by atoms with E-state index in [9.17, 15) is 5.11 Å². The first-order valence-corrected chi connectivity index (χ1v) is 9.11. The molecule has 0 aromatic heterocycles. The number of hydrogen-bond donors (Lipinski definition) is 1. The lowest BCUT2D eigenvalue weighted by Crippen LogP contribution is -2.16. The molecule has 1 aromatic carbocycles. The Bertz CT molecular complexity index is 625. The third kappa shape index (κ3) is 3.81. The van der Waals surface area contributed by atoms with E-state index < -0.39 is 0 Å². The second kappa shape index (κ2) is 7.25. The minimum atomic E-state index is 0.213. The zero-order valence-electron chi connectivity index (χ0n) is 15.2. The highest BCUT2D eigenvalue weighted by Crippen LogP contribution is 2.51. The van der Waals surface area contributed by atoms with Gasteiger partial charge in [0, 0.05) is 18.4 Å². The van der Waals surface area contributed by atoms with Crippen molar-refractivity contribution < 1.29 is 9.84 Å². The number of aliphatic hydroxyl groups is 1. The van der Waals surface area contributed by atoms with Gasteiger partial charge in [0.25, 0.3) is 0 Å². The number of hydrogen-bond acceptors (Lipinski definition) is 2. The summed E-state index contributed by atoms with van der Waals surface area (Å²) in [5, 5.41) is 9.92. The van der Waals surface area contributed by atoms with Crippen molar-refractivity contribution in [3.05, 3.63) is 58.7 Å². The smallest absolute Gasteiger partial charge is 0.0721 e. The molecule has 3 rings (SSSR count). The molecular formula is C22H30O2. The molecule has 0 aliphatic heterocycles. The standard InChI is InChI=1S/C22H30O2/c1-16-9-10-18(13-23)21(20-12-22(2,3)11-19(16)20)15-24-14-17-7-5-4-6-8-17/h4-9,18-19,23H,10-15H2,1-3H3/t18-,19+/m1/s1. The van der Waals surface area contributed by atoms with E-state index in [1.54, 1.807) is 5.57 Å². The second-order valence-corrected chi connectivity index (χ2v) is 8.19. The molecule has 1 N–H and O–H groups in total. The Kier molecular flexibility index (Phi) is 5.27. The number of aliphatic hydroxyl groups excluding tert-OH is 1. The van der Waals surface area contributed by atoms with Gasteiger partial charge < -0.3 is 9.84 Å².